The van der Waals surface area contributed by atoms with Crippen molar-refractivity contribution in [3.05, 3.63) is 0 Å². The first-order valence-electron chi connectivity index (χ1n) is 5.81. The zero-order chi connectivity index (χ0) is 11.3. The van der Waals surface area contributed by atoms with Gasteiger partial charge in [0.05, 0.1) is 0 Å². The predicted octanol–water partition coefficient (Wildman–Crippen LogP) is 1.24. The van der Waals surface area contributed by atoms with E-state index in [0.717, 1.165) is 19.0 Å². The van der Waals surface area contributed by atoms with Crippen LogP contribution >= 0.6 is 0 Å². The third kappa shape index (κ3) is 4.08. The monoisotopic (exact) mass is 212 g/mol. The smallest absolute Gasteiger partial charge is 0.205 e. The average molecular weight is 212 g/mol. The van der Waals surface area contributed by atoms with Gasteiger partial charge in [-0.15, -0.1) is 0 Å². The molecule has 15 heavy (non-hydrogen) atoms. The van der Waals surface area contributed by atoms with Gasteiger partial charge in [-0.1, -0.05) is 27.2 Å². The predicted molar refractivity (Wildman–Crippen MR) is 64.4 cm³/mol. The molecular formula is C11H24N4. The van der Waals surface area contributed by atoms with Gasteiger partial charge in [0.1, 0.15) is 0 Å². The van der Waals surface area contributed by atoms with Gasteiger partial charge in [-0.05, 0) is 24.2 Å². The minimum atomic E-state index is 0.418. The number of rotatable bonds is 4. The number of aliphatic imine (C=N–C) groups is 1. The van der Waals surface area contributed by atoms with Crippen molar-refractivity contribution in [1.82, 2.24) is 10.7 Å². The molecule has 0 aromatic carbocycles. The molecular weight excluding hydrogens is 188 g/mol. The lowest BCUT2D eigenvalue weighted by molar-refractivity contribution is 0.173. The Morgan fingerprint density at radius 1 is 1.47 bits per heavy atom. The summed E-state index contributed by atoms with van der Waals surface area (Å²) in [6.07, 6.45) is 3.92. The molecule has 1 aliphatic carbocycles. The van der Waals surface area contributed by atoms with Gasteiger partial charge in [0.2, 0.25) is 5.96 Å². The van der Waals surface area contributed by atoms with Crippen molar-refractivity contribution in [3.8, 4) is 0 Å². The Kier molecular flexibility index (Phi) is 4.39. The lowest BCUT2D eigenvalue weighted by Crippen LogP contribution is -2.44. The molecule has 0 aromatic heterocycles. The SMILES string of the molecule is CC(C)CNC(=NCC1(C)CCC1)NN. The number of nitrogens with zero attached hydrogens (tertiary/aromatic N) is 1. The zero-order valence-corrected chi connectivity index (χ0v) is 10.1. The van der Waals surface area contributed by atoms with E-state index in [1.54, 1.807) is 0 Å². The molecule has 1 fully saturated rings. The molecule has 0 radical (unpaired) electrons. The number of hydrogen-bond acceptors (Lipinski definition) is 2. The second-order valence-corrected chi connectivity index (χ2v) is 5.25. The van der Waals surface area contributed by atoms with Crippen molar-refractivity contribution in [1.29, 1.82) is 0 Å². The zero-order valence-electron chi connectivity index (χ0n) is 10.1. The molecule has 0 bridgehead atoms. The Morgan fingerprint density at radius 3 is 2.53 bits per heavy atom. The van der Waals surface area contributed by atoms with E-state index in [4.69, 9.17) is 5.84 Å². The topological polar surface area (TPSA) is 62.4 Å². The second kappa shape index (κ2) is 5.35. The summed E-state index contributed by atoms with van der Waals surface area (Å²) in [6.45, 7) is 8.39. The number of hydrogen-bond donors (Lipinski definition) is 3. The number of nitrogens with one attached hydrogen (secondary N) is 2. The van der Waals surface area contributed by atoms with Crippen molar-refractivity contribution < 1.29 is 0 Å². The summed E-state index contributed by atoms with van der Waals surface area (Å²) >= 11 is 0. The van der Waals surface area contributed by atoms with E-state index < -0.39 is 0 Å². The molecule has 1 aliphatic rings. The Bertz CT molecular complexity index is 219. The van der Waals surface area contributed by atoms with Gasteiger partial charge in [0.15, 0.2) is 0 Å². The summed E-state index contributed by atoms with van der Waals surface area (Å²) in [5, 5.41) is 3.20. The molecule has 88 valence electrons. The molecule has 4 heteroatoms. The van der Waals surface area contributed by atoms with E-state index in [9.17, 15) is 0 Å². The Hall–Kier alpha value is -0.770. The molecule has 0 aromatic rings. The fraction of sp³-hybridized carbons (Fsp3) is 0.909. The van der Waals surface area contributed by atoms with Crippen LogP contribution in [0.5, 0.6) is 0 Å². The molecule has 0 unspecified atom stereocenters. The highest BCUT2D eigenvalue weighted by molar-refractivity contribution is 5.79. The van der Waals surface area contributed by atoms with Gasteiger partial charge in [0, 0.05) is 13.1 Å². The molecule has 0 saturated heterocycles. The molecule has 1 saturated carbocycles. The van der Waals surface area contributed by atoms with Crippen LogP contribution in [0.1, 0.15) is 40.0 Å². The van der Waals surface area contributed by atoms with Gasteiger partial charge >= 0.3 is 0 Å². The molecule has 0 spiro atoms. The number of guanidine groups is 1. The van der Waals surface area contributed by atoms with Crippen LogP contribution in [-0.4, -0.2) is 19.0 Å². The van der Waals surface area contributed by atoms with Crippen molar-refractivity contribution in [2.45, 2.75) is 40.0 Å². The summed E-state index contributed by atoms with van der Waals surface area (Å²) in [5.41, 5.74) is 3.04. The largest absolute Gasteiger partial charge is 0.355 e. The second-order valence-electron chi connectivity index (χ2n) is 5.25. The quantitative estimate of drug-likeness (QED) is 0.284. The van der Waals surface area contributed by atoms with Gasteiger partial charge in [-0.25, -0.2) is 5.84 Å². The summed E-state index contributed by atoms with van der Waals surface area (Å²) in [4.78, 5) is 4.48. The minimum Gasteiger partial charge on any atom is -0.355 e. The minimum absolute atomic E-state index is 0.418. The first-order chi connectivity index (χ1) is 7.06. The molecule has 4 N–H and O–H groups in total. The highest BCUT2D eigenvalue weighted by Gasteiger charge is 2.31. The van der Waals surface area contributed by atoms with E-state index in [2.05, 4.69) is 36.5 Å². The molecule has 1 rings (SSSR count). The maximum Gasteiger partial charge on any atom is 0.205 e. The number of hydrazine groups is 1. The van der Waals surface area contributed by atoms with Crippen molar-refractivity contribution in [2.24, 2.45) is 22.2 Å². The van der Waals surface area contributed by atoms with Crippen molar-refractivity contribution >= 4 is 5.96 Å². The van der Waals surface area contributed by atoms with Crippen LogP contribution in [0, 0.1) is 11.3 Å². The molecule has 0 atom stereocenters. The third-order valence-electron chi connectivity index (χ3n) is 2.99. The fourth-order valence-electron chi connectivity index (χ4n) is 1.66. The van der Waals surface area contributed by atoms with E-state index in [-0.39, 0.29) is 0 Å². The van der Waals surface area contributed by atoms with E-state index in [1.165, 1.54) is 19.3 Å². The van der Waals surface area contributed by atoms with Crippen LogP contribution < -0.4 is 16.6 Å². The van der Waals surface area contributed by atoms with Crippen LogP contribution in [-0.2, 0) is 0 Å². The van der Waals surface area contributed by atoms with Crippen LogP contribution in [0.4, 0.5) is 0 Å². The molecule has 4 nitrogen and oxygen atoms in total. The maximum atomic E-state index is 5.40. The molecule has 0 aliphatic heterocycles. The van der Waals surface area contributed by atoms with Gasteiger partial charge in [-0.2, -0.15) is 0 Å². The average Bonchev–Trinajstić information content (AvgIpc) is 2.15. The Balaban J connectivity index is 2.32. The van der Waals surface area contributed by atoms with Crippen molar-refractivity contribution in [2.75, 3.05) is 13.1 Å². The highest BCUT2D eigenvalue weighted by Crippen LogP contribution is 2.40. The third-order valence-corrected chi connectivity index (χ3v) is 2.99. The summed E-state index contributed by atoms with van der Waals surface area (Å²) in [6, 6.07) is 0. The lowest BCUT2D eigenvalue weighted by atomic mass is 9.71. The lowest BCUT2D eigenvalue weighted by Gasteiger charge is -2.36. The summed E-state index contributed by atoms with van der Waals surface area (Å²) < 4.78 is 0. The van der Waals surface area contributed by atoms with Gasteiger partial charge < -0.3 is 5.32 Å². The first kappa shape index (κ1) is 12.3. The molecule has 0 amide bonds. The van der Waals surface area contributed by atoms with E-state index in [0.29, 0.717) is 11.3 Å². The normalized spacial score (nSPS) is 19.9. The number of nitrogens with two attached hydrogens (primary N) is 1. The fourth-order valence-corrected chi connectivity index (χ4v) is 1.66. The maximum absolute atomic E-state index is 5.40. The Labute approximate surface area is 92.7 Å². The van der Waals surface area contributed by atoms with E-state index >= 15 is 0 Å². The van der Waals surface area contributed by atoms with Crippen molar-refractivity contribution in [3.63, 3.8) is 0 Å². The van der Waals surface area contributed by atoms with Crippen LogP contribution in [0.2, 0.25) is 0 Å². The highest BCUT2D eigenvalue weighted by atomic mass is 15.3. The first-order valence-corrected chi connectivity index (χ1v) is 5.81. The van der Waals surface area contributed by atoms with Crippen LogP contribution in [0.3, 0.4) is 0 Å². The van der Waals surface area contributed by atoms with Crippen LogP contribution in [0.15, 0.2) is 4.99 Å². The van der Waals surface area contributed by atoms with Crippen LogP contribution in [0.25, 0.3) is 0 Å². The van der Waals surface area contributed by atoms with E-state index in [1.807, 2.05) is 0 Å². The summed E-state index contributed by atoms with van der Waals surface area (Å²) in [7, 11) is 0. The standard InChI is InChI=1S/C11H24N4/c1-9(2)7-13-10(15-12)14-8-11(3)5-4-6-11/h9H,4-8,12H2,1-3H3,(H2,13,14,15). The summed E-state index contributed by atoms with van der Waals surface area (Å²) in [5.74, 6) is 6.72. The molecule has 0 heterocycles. The van der Waals surface area contributed by atoms with Gasteiger partial charge in [-0.3, -0.25) is 10.4 Å². The van der Waals surface area contributed by atoms with Gasteiger partial charge in [0.25, 0.3) is 0 Å². The Morgan fingerprint density at radius 2 is 2.13 bits per heavy atom.